The van der Waals surface area contributed by atoms with Crippen molar-refractivity contribution in [3.05, 3.63) is 131 Å². The first-order valence-electron chi connectivity index (χ1n) is 13.5. The molecule has 0 saturated carbocycles. The second-order valence-corrected chi connectivity index (χ2v) is 9.47. The minimum Gasteiger partial charge on any atom is -0.485 e. The van der Waals surface area contributed by atoms with E-state index in [1.807, 2.05) is 91.0 Å². The third-order valence-electron chi connectivity index (χ3n) is 6.21. The van der Waals surface area contributed by atoms with Gasteiger partial charge in [-0.2, -0.15) is 0 Å². The molecule has 4 aromatic carbocycles. The Morgan fingerprint density at radius 2 is 1.17 bits per heavy atom. The fraction of sp³-hybridized carbons (Fsp3) is 0.182. The Balaban J connectivity index is 1.36. The minimum atomic E-state index is -1.02. The van der Waals surface area contributed by atoms with Crippen molar-refractivity contribution < 1.29 is 28.6 Å². The zero-order chi connectivity index (χ0) is 29.6. The van der Waals surface area contributed by atoms with Gasteiger partial charge < -0.3 is 30.6 Å². The lowest BCUT2D eigenvalue weighted by atomic mass is 10.0. The van der Waals surface area contributed by atoms with E-state index in [4.69, 9.17) is 19.9 Å². The third kappa shape index (κ3) is 9.71. The number of nitrogens with one attached hydrogen (secondary N) is 2. The van der Waals surface area contributed by atoms with Gasteiger partial charge in [0.1, 0.15) is 32.4 Å². The molecule has 0 aromatic heterocycles. The first-order chi connectivity index (χ1) is 20.5. The number of rotatable bonds is 14. The van der Waals surface area contributed by atoms with Crippen LogP contribution in [0.25, 0.3) is 0 Å². The van der Waals surface area contributed by atoms with E-state index in [0.29, 0.717) is 30.3 Å². The van der Waals surface area contributed by atoms with Gasteiger partial charge in [0.15, 0.2) is 11.5 Å². The van der Waals surface area contributed by atoms with Crippen LogP contribution >= 0.6 is 0 Å². The smallest absolute Gasteiger partial charge is 0.407 e. The molecule has 4 N–H and O–H groups in total. The van der Waals surface area contributed by atoms with Gasteiger partial charge in [0.25, 0.3) is 0 Å². The van der Waals surface area contributed by atoms with Gasteiger partial charge in [-0.15, -0.1) is 0 Å². The largest absolute Gasteiger partial charge is 0.485 e. The molecule has 42 heavy (non-hydrogen) atoms. The molecule has 0 radical (unpaired) electrons. The molecule has 0 spiro atoms. The number of primary amides is 1. The lowest BCUT2D eigenvalue weighted by Crippen LogP contribution is -2.49. The Kier molecular flexibility index (Phi) is 10.9. The van der Waals surface area contributed by atoms with Gasteiger partial charge in [0.2, 0.25) is 11.8 Å². The number of amides is 3. The van der Waals surface area contributed by atoms with Crippen molar-refractivity contribution in [1.29, 1.82) is 0 Å². The van der Waals surface area contributed by atoms with Gasteiger partial charge >= 0.3 is 6.09 Å². The summed E-state index contributed by atoms with van der Waals surface area (Å²) in [5.74, 6) is -0.272. The highest BCUT2D eigenvalue weighted by molar-refractivity contribution is 5.88. The summed E-state index contributed by atoms with van der Waals surface area (Å²) < 4.78 is 17.3. The molecule has 3 amide bonds. The molecule has 216 valence electrons. The quantitative estimate of drug-likeness (QED) is 0.209. The normalized spacial score (nSPS) is 11.1. The minimum absolute atomic E-state index is 0.0674. The molecule has 0 aliphatic rings. The lowest BCUT2D eigenvalue weighted by molar-refractivity contribution is -0.126. The molecule has 4 aromatic rings. The zero-order valence-corrected chi connectivity index (χ0v) is 23.0. The van der Waals surface area contributed by atoms with E-state index in [-0.39, 0.29) is 19.6 Å². The van der Waals surface area contributed by atoms with Crippen molar-refractivity contribution >= 4 is 17.9 Å². The van der Waals surface area contributed by atoms with Crippen molar-refractivity contribution in [1.82, 2.24) is 10.6 Å². The third-order valence-corrected chi connectivity index (χ3v) is 6.21. The molecule has 1 atom stereocenters. The van der Waals surface area contributed by atoms with E-state index in [0.717, 1.165) is 16.7 Å². The lowest BCUT2D eigenvalue weighted by Gasteiger charge is -2.18. The second-order valence-electron chi connectivity index (χ2n) is 9.47. The Labute approximate surface area is 244 Å². The monoisotopic (exact) mass is 567 g/mol. The fourth-order valence-electron chi connectivity index (χ4n) is 4.01. The standard InChI is InChI=1S/C33H33N3O6/c34-32(38)28(36-31(37)20-35-33(39)42-23-26-14-8-3-9-15-26)18-27-16-17-29(40-21-24-10-4-1-5-11-24)30(19-27)41-22-25-12-6-2-7-13-25/h1-17,19,28H,18,20-23H2,(H2,34,38)(H,35,39)(H,36,37)/t28-/m0/s1. The average molecular weight is 568 g/mol. The number of carbonyl (C=O) groups excluding carboxylic acids is 3. The molecular formula is C33H33N3O6. The van der Waals surface area contributed by atoms with Crippen LogP contribution in [-0.2, 0) is 40.6 Å². The summed E-state index contributed by atoms with van der Waals surface area (Å²) >= 11 is 0. The Hall–Kier alpha value is -5.31. The summed E-state index contributed by atoms with van der Waals surface area (Å²) in [7, 11) is 0. The van der Waals surface area contributed by atoms with Gasteiger partial charge in [-0.05, 0) is 34.4 Å². The number of hydrogen-bond donors (Lipinski definition) is 3. The van der Waals surface area contributed by atoms with Crippen molar-refractivity contribution in [2.75, 3.05) is 6.54 Å². The zero-order valence-electron chi connectivity index (χ0n) is 23.0. The maximum absolute atomic E-state index is 12.5. The van der Waals surface area contributed by atoms with Gasteiger partial charge in [-0.25, -0.2) is 4.79 Å². The molecule has 0 heterocycles. The Morgan fingerprint density at radius 1 is 0.643 bits per heavy atom. The predicted octanol–water partition coefficient (Wildman–Crippen LogP) is 4.28. The van der Waals surface area contributed by atoms with Crippen molar-refractivity contribution in [3.8, 4) is 11.5 Å². The van der Waals surface area contributed by atoms with Gasteiger partial charge in [-0.1, -0.05) is 97.1 Å². The molecule has 0 bridgehead atoms. The van der Waals surface area contributed by atoms with Crippen LogP contribution in [0, 0.1) is 0 Å². The molecule has 0 aliphatic carbocycles. The van der Waals surface area contributed by atoms with Crippen molar-refractivity contribution in [3.63, 3.8) is 0 Å². The van der Waals surface area contributed by atoms with Gasteiger partial charge in [0, 0.05) is 6.42 Å². The summed E-state index contributed by atoms with van der Waals surface area (Å²) in [4.78, 5) is 36.7. The van der Waals surface area contributed by atoms with Crippen LogP contribution in [0.1, 0.15) is 22.3 Å². The van der Waals surface area contributed by atoms with Crippen LogP contribution in [0.15, 0.2) is 109 Å². The Bertz CT molecular complexity index is 1450. The van der Waals surface area contributed by atoms with E-state index in [1.54, 1.807) is 18.2 Å². The summed E-state index contributed by atoms with van der Waals surface area (Å²) in [6.07, 6.45) is -0.642. The SMILES string of the molecule is NC(=O)[C@H](Cc1ccc(OCc2ccccc2)c(OCc2ccccc2)c1)NC(=O)CNC(=O)OCc1ccccc1. The maximum atomic E-state index is 12.5. The summed E-state index contributed by atoms with van der Waals surface area (Å²) in [6.45, 7) is 0.351. The van der Waals surface area contributed by atoms with E-state index in [1.165, 1.54) is 0 Å². The Morgan fingerprint density at radius 3 is 1.71 bits per heavy atom. The van der Waals surface area contributed by atoms with Crippen LogP contribution in [-0.4, -0.2) is 30.5 Å². The van der Waals surface area contributed by atoms with E-state index < -0.39 is 23.9 Å². The number of ether oxygens (including phenoxy) is 3. The van der Waals surface area contributed by atoms with Gasteiger partial charge in [-0.3, -0.25) is 9.59 Å². The van der Waals surface area contributed by atoms with Crippen LogP contribution in [0.3, 0.4) is 0 Å². The fourth-order valence-corrected chi connectivity index (χ4v) is 4.01. The highest BCUT2D eigenvalue weighted by Crippen LogP contribution is 2.30. The van der Waals surface area contributed by atoms with E-state index in [2.05, 4.69) is 10.6 Å². The molecular weight excluding hydrogens is 534 g/mol. The van der Waals surface area contributed by atoms with E-state index >= 15 is 0 Å². The molecule has 9 heteroatoms. The summed E-state index contributed by atoms with van der Waals surface area (Å²) in [5.41, 5.74) is 9.09. The maximum Gasteiger partial charge on any atom is 0.407 e. The van der Waals surface area contributed by atoms with E-state index in [9.17, 15) is 14.4 Å². The van der Waals surface area contributed by atoms with Gasteiger partial charge in [0.05, 0.1) is 0 Å². The topological polar surface area (TPSA) is 129 Å². The molecule has 9 nitrogen and oxygen atoms in total. The first-order valence-corrected chi connectivity index (χ1v) is 13.5. The molecule has 0 aliphatic heterocycles. The number of nitrogens with two attached hydrogens (primary N) is 1. The number of alkyl carbamates (subject to hydrolysis) is 1. The summed E-state index contributed by atoms with van der Waals surface area (Å²) in [6, 6.07) is 32.9. The molecule has 0 fully saturated rings. The van der Waals surface area contributed by atoms with Crippen molar-refractivity contribution in [2.24, 2.45) is 5.73 Å². The average Bonchev–Trinajstić information content (AvgIpc) is 3.02. The highest BCUT2D eigenvalue weighted by Gasteiger charge is 2.20. The molecule has 0 saturated heterocycles. The highest BCUT2D eigenvalue weighted by atomic mass is 16.5. The van der Waals surface area contributed by atoms with Crippen LogP contribution in [0.4, 0.5) is 4.79 Å². The number of hydrogen-bond acceptors (Lipinski definition) is 6. The van der Waals surface area contributed by atoms with Crippen LogP contribution in [0.5, 0.6) is 11.5 Å². The number of benzene rings is 4. The molecule has 4 rings (SSSR count). The van der Waals surface area contributed by atoms with Crippen molar-refractivity contribution in [2.45, 2.75) is 32.3 Å². The first kappa shape index (κ1) is 29.7. The summed E-state index contributed by atoms with van der Waals surface area (Å²) in [5, 5.41) is 4.95. The second kappa shape index (κ2) is 15.5. The van der Waals surface area contributed by atoms with Crippen LogP contribution < -0.4 is 25.8 Å². The predicted molar refractivity (Wildman–Crippen MR) is 157 cm³/mol. The molecule has 0 unspecified atom stereocenters. The number of carbonyl (C=O) groups is 3. The van der Waals surface area contributed by atoms with Crippen LogP contribution in [0.2, 0.25) is 0 Å².